The zero-order valence-corrected chi connectivity index (χ0v) is 12.6. The summed E-state index contributed by atoms with van der Waals surface area (Å²) < 4.78 is 1.94. The molecule has 2 heterocycles. The minimum absolute atomic E-state index is 0.770. The fourth-order valence-electron chi connectivity index (χ4n) is 2.93. The Kier molecular flexibility index (Phi) is 4.50. The molecule has 1 N–H and O–H groups in total. The number of fused-ring (bicyclic) bond motifs is 1. The van der Waals surface area contributed by atoms with Crippen LogP contribution in [0.4, 0.5) is 5.69 Å². The molecule has 0 aliphatic carbocycles. The van der Waals surface area contributed by atoms with Crippen molar-refractivity contribution in [2.45, 2.75) is 32.4 Å². The molecule has 5 heteroatoms. The van der Waals surface area contributed by atoms with Crippen LogP contribution in [0.1, 0.15) is 24.1 Å². The molecule has 2 aromatic rings. The second kappa shape index (κ2) is 6.72. The van der Waals surface area contributed by atoms with E-state index in [0.29, 0.717) is 0 Å². The predicted molar refractivity (Wildman–Crippen MR) is 84.4 cm³/mol. The summed E-state index contributed by atoms with van der Waals surface area (Å²) in [7, 11) is 1.92. The molecule has 0 unspecified atom stereocenters. The van der Waals surface area contributed by atoms with Crippen molar-refractivity contribution in [3.8, 4) is 0 Å². The molecule has 0 bridgehead atoms. The smallest absolute Gasteiger partial charge is 0.0964 e. The summed E-state index contributed by atoms with van der Waals surface area (Å²) in [6, 6.07) is 8.78. The molecule has 1 aromatic carbocycles. The first kappa shape index (κ1) is 14.1. The lowest BCUT2D eigenvalue weighted by molar-refractivity contribution is 0.571. The highest BCUT2D eigenvalue weighted by Crippen LogP contribution is 2.25. The maximum atomic E-state index is 4.20. The number of anilines is 1. The fourth-order valence-corrected chi connectivity index (χ4v) is 2.93. The number of nitrogens with zero attached hydrogens (tertiary/aromatic N) is 4. The topological polar surface area (TPSA) is 46.0 Å². The van der Waals surface area contributed by atoms with Gasteiger partial charge in [-0.2, -0.15) is 0 Å². The Bertz CT molecular complexity index is 578. The first-order chi connectivity index (χ1) is 10.4. The van der Waals surface area contributed by atoms with Gasteiger partial charge in [0.2, 0.25) is 0 Å². The van der Waals surface area contributed by atoms with Gasteiger partial charge in [0, 0.05) is 31.5 Å². The first-order valence-corrected chi connectivity index (χ1v) is 7.73. The van der Waals surface area contributed by atoms with E-state index in [0.717, 1.165) is 31.9 Å². The van der Waals surface area contributed by atoms with Gasteiger partial charge in [-0.05, 0) is 37.9 Å². The zero-order valence-electron chi connectivity index (χ0n) is 12.6. The van der Waals surface area contributed by atoms with Crippen molar-refractivity contribution < 1.29 is 0 Å². The van der Waals surface area contributed by atoms with Gasteiger partial charge in [-0.3, -0.25) is 4.68 Å². The predicted octanol–water partition coefficient (Wildman–Crippen LogP) is 1.84. The van der Waals surface area contributed by atoms with E-state index in [-0.39, 0.29) is 0 Å². The Morgan fingerprint density at radius 1 is 1.19 bits per heavy atom. The van der Waals surface area contributed by atoms with E-state index in [1.807, 2.05) is 17.9 Å². The van der Waals surface area contributed by atoms with Crippen molar-refractivity contribution >= 4 is 5.69 Å². The Hall–Kier alpha value is -1.88. The Labute approximate surface area is 126 Å². The van der Waals surface area contributed by atoms with Crippen molar-refractivity contribution in [3.63, 3.8) is 0 Å². The highest BCUT2D eigenvalue weighted by molar-refractivity contribution is 5.54. The van der Waals surface area contributed by atoms with E-state index in [4.69, 9.17) is 0 Å². The molecule has 0 spiro atoms. The summed E-state index contributed by atoms with van der Waals surface area (Å²) >= 11 is 0. The van der Waals surface area contributed by atoms with Gasteiger partial charge >= 0.3 is 0 Å². The van der Waals surface area contributed by atoms with E-state index in [1.54, 1.807) is 0 Å². The summed E-state index contributed by atoms with van der Waals surface area (Å²) in [5.41, 5.74) is 3.86. The van der Waals surface area contributed by atoms with Gasteiger partial charge in [0.15, 0.2) is 0 Å². The number of aromatic nitrogens is 3. The average Bonchev–Trinajstić information content (AvgIpc) is 2.85. The van der Waals surface area contributed by atoms with Gasteiger partial charge < -0.3 is 10.2 Å². The lowest BCUT2D eigenvalue weighted by Crippen LogP contribution is -2.28. The first-order valence-electron chi connectivity index (χ1n) is 7.73. The molecule has 1 aliphatic rings. The second-order valence-electron chi connectivity index (χ2n) is 5.58. The monoisotopic (exact) mass is 285 g/mol. The van der Waals surface area contributed by atoms with Crippen LogP contribution in [0.3, 0.4) is 0 Å². The third-order valence-electron chi connectivity index (χ3n) is 4.00. The molecular weight excluding hydrogens is 262 g/mol. The minimum Gasteiger partial charge on any atom is -0.369 e. The summed E-state index contributed by atoms with van der Waals surface area (Å²) in [5, 5.41) is 11.5. The largest absolute Gasteiger partial charge is 0.369 e. The molecule has 5 nitrogen and oxygen atoms in total. The van der Waals surface area contributed by atoms with E-state index >= 15 is 0 Å². The normalized spacial score (nSPS) is 14.8. The number of rotatable bonds is 5. The molecule has 0 fully saturated rings. The van der Waals surface area contributed by atoms with Crippen molar-refractivity contribution in [1.29, 1.82) is 0 Å². The molecule has 1 aliphatic heterocycles. The van der Waals surface area contributed by atoms with E-state index < -0.39 is 0 Å². The van der Waals surface area contributed by atoms with Crippen LogP contribution in [0.25, 0.3) is 0 Å². The number of nitrogens with one attached hydrogen (secondary N) is 1. The van der Waals surface area contributed by atoms with Gasteiger partial charge in [0.05, 0.1) is 12.2 Å². The van der Waals surface area contributed by atoms with E-state index in [1.165, 1.54) is 30.5 Å². The lowest BCUT2D eigenvalue weighted by atomic mass is 10.1. The van der Waals surface area contributed by atoms with Gasteiger partial charge in [-0.15, -0.1) is 5.10 Å². The molecule has 1 aromatic heterocycles. The van der Waals surface area contributed by atoms with Crippen LogP contribution in [0.2, 0.25) is 0 Å². The molecule has 21 heavy (non-hydrogen) atoms. The Balaban J connectivity index is 1.66. The summed E-state index contributed by atoms with van der Waals surface area (Å²) in [6.45, 7) is 3.77. The molecular formula is C16H23N5. The highest BCUT2D eigenvalue weighted by Gasteiger charge is 2.14. The maximum absolute atomic E-state index is 4.20. The van der Waals surface area contributed by atoms with Crippen LogP contribution in [0, 0.1) is 0 Å². The maximum Gasteiger partial charge on any atom is 0.0964 e. The fraction of sp³-hybridized carbons (Fsp3) is 0.500. The Morgan fingerprint density at radius 2 is 2.10 bits per heavy atom. The standard InChI is InChI=1S/C16H23N5/c1-17-12-15-13-21(19-18-15)11-10-20-9-5-4-7-14-6-2-3-8-16(14)20/h2-3,6,8,13,17H,4-5,7,9-12H2,1H3. The SMILES string of the molecule is CNCc1cn(CCN2CCCCc3ccccc32)nn1. The van der Waals surface area contributed by atoms with Crippen LogP contribution in [0.15, 0.2) is 30.5 Å². The van der Waals surface area contributed by atoms with E-state index in [2.05, 4.69) is 44.8 Å². The second-order valence-corrected chi connectivity index (χ2v) is 5.58. The van der Waals surface area contributed by atoms with Crippen molar-refractivity contribution in [2.75, 3.05) is 25.0 Å². The third kappa shape index (κ3) is 3.42. The number of hydrogen-bond acceptors (Lipinski definition) is 4. The molecule has 0 saturated carbocycles. The number of hydrogen-bond donors (Lipinski definition) is 1. The quantitative estimate of drug-likeness (QED) is 0.910. The van der Waals surface area contributed by atoms with Crippen LogP contribution >= 0.6 is 0 Å². The molecule has 3 rings (SSSR count). The van der Waals surface area contributed by atoms with Gasteiger partial charge in [0.25, 0.3) is 0 Å². The highest BCUT2D eigenvalue weighted by atomic mass is 15.4. The van der Waals surface area contributed by atoms with Gasteiger partial charge in [0.1, 0.15) is 0 Å². The van der Waals surface area contributed by atoms with Crippen molar-refractivity contribution in [1.82, 2.24) is 20.3 Å². The summed E-state index contributed by atoms with van der Waals surface area (Å²) in [4.78, 5) is 2.49. The number of benzene rings is 1. The lowest BCUT2D eigenvalue weighted by Gasteiger charge is -2.24. The van der Waals surface area contributed by atoms with Crippen LogP contribution in [-0.2, 0) is 19.5 Å². The van der Waals surface area contributed by atoms with Crippen LogP contribution in [0.5, 0.6) is 0 Å². The van der Waals surface area contributed by atoms with Gasteiger partial charge in [-0.1, -0.05) is 23.4 Å². The van der Waals surface area contributed by atoms with Crippen LogP contribution < -0.4 is 10.2 Å². The van der Waals surface area contributed by atoms with E-state index in [9.17, 15) is 0 Å². The molecule has 112 valence electrons. The Morgan fingerprint density at radius 3 is 3.00 bits per heavy atom. The van der Waals surface area contributed by atoms with Crippen LogP contribution in [-0.4, -0.2) is 35.1 Å². The molecule has 0 atom stereocenters. The summed E-state index contributed by atoms with van der Waals surface area (Å²) in [6.07, 6.45) is 5.77. The van der Waals surface area contributed by atoms with Gasteiger partial charge in [-0.25, -0.2) is 0 Å². The molecule has 0 amide bonds. The zero-order chi connectivity index (χ0) is 14.5. The number of para-hydroxylation sites is 1. The third-order valence-corrected chi connectivity index (χ3v) is 4.00. The van der Waals surface area contributed by atoms with Crippen molar-refractivity contribution in [2.24, 2.45) is 0 Å². The summed E-state index contributed by atoms with van der Waals surface area (Å²) in [5.74, 6) is 0. The van der Waals surface area contributed by atoms with Crippen molar-refractivity contribution in [3.05, 3.63) is 41.7 Å². The molecule has 0 saturated heterocycles. The minimum atomic E-state index is 0.770. The number of aryl methyl sites for hydroxylation is 1. The molecule has 0 radical (unpaired) electrons. The average molecular weight is 285 g/mol.